The fourth-order valence-electron chi connectivity index (χ4n) is 6.43. The molecule has 0 saturated carbocycles. The molecule has 4 heterocycles. The van der Waals surface area contributed by atoms with Crippen molar-refractivity contribution in [3.63, 3.8) is 0 Å². The molecule has 0 amide bonds. The van der Waals surface area contributed by atoms with E-state index >= 15 is 0 Å². The minimum atomic E-state index is -1.05. The molecule has 0 unspecified atom stereocenters. The molecule has 5 aromatic rings. The second kappa shape index (κ2) is 16.5. The Morgan fingerprint density at radius 1 is 0.623 bits per heavy atom. The average Bonchev–Trinajstić information content (AvgIpc) is 3.12. The van der Waals surface area contributed by atoms with E-state index in [-0.39, 0.29) is 29.4 Å². The first-order chi connectivity index (χ1) is 25.5. The van der Waals surface area contributed by atoms with Crippen molar-refractivity contribution in [2.75, 3.05) is 62.4 Å². The Balaban J connectivity index is 0.000000192. The van der Waals surface area contributed by atoms with E-state index in [0.717, 1.165) is 55.4 Å². The quantitative estimate of drug-likeness (QED) is 0.219. The minimum absolute atomic E-state index is 0.0384. The number of halogens is 3. The zero-order valence-corrected chi connectivity index (χ0v) is 30.1. The Morgan fingerprint density at radius 3 is 1.77 bits per heavy atom. The first-order valence-corrected chi connectivity index (χ1v) is 17.3. The highest BCUT2D eigenvalue weighted by Gasteiger charge is 2.18. The van der Waals surface area contributed by atoms with Crippen LogP contribution in [0.5, 0.6) is 5.75 Å². The second-order valence-corrected chi connectivity index (χ2v) is 12.8. The molecular formula is C39H41F3N6O5. The van der Waals surface area contributed by atoms with Crippen molar-refractivity contribution in [2.45, 2.75) is 34.3 Å². The van der Waals surface area contributed by atoms with Gasteiger partial charge in [0.2, 0.25) is 0 Å². The van der Waals surface area contributed by atoms with E-state index in [1.807, 2.05) is 24.8 Å². The Bertz CT molecular complexity index is 2210. The number of ether oxygens (including phenoxy) is 3. The smallest absolute Gasteiger partial charge is 0.258 e. The van der Waals surface area contributed by atoms with E-state index in [1.54, 1.807) is 29.7 Å². The molecule has 0 bridgehead atoms. The molecule has 3 aromatic carbocycles. The van der Waals surface area contributed by atoms with E-state index in [1.165, 1.54) is 28.5 Å². The number of aryl methyl sites for hydroxylation is 4. The van der Waals surface area contributed by atoms with Crippen LogP contribution in [-0.4, -0.2) is 71.7 Å². The number of hydrogen-bond acceptors (Lipinski definition) is 9. The van der Waals surface area contributed by atoms with Gasteiger partial charge >= 0.3 is 0 Å². The van der Waals surface area contributed by atoms with E-state index in [2.05, 4.69) is 33.9 Å². The van der Waals surface area contributed by atoms with Gasteiger partial charge in [0.25, 0.3) is 11.1 Å². The fraction of sp³-hybridized carbons (Fsp3) is 0.333. The van der Waals surface area contributed by atoms with Crippen LogP contribution < -0.4 is 25.7 Å². The summed E-state index contributed by atoms with van der Waals surface area (Å²) in [5.74, 6) is -1.52. The average molecular weight is 731 g/mol. The van der Waals surface area contributed by atoms with Crippen molar-refractivity contribution < 1.29 is 27.4 Å². The van der Waals surface area contributed by atoms with Crippen LogP contribution in [-0.2, 0) is 16.1 Å². The molecule has 14 heteroatoms. The summed E-state index contributed by atoms with van der Waals surface area (Å²) in [6, 6.07) is 16.7. The molecule has 0 N–H and O–H groups in total. The fourth-order valence-corrected chi connectivity index (χ4v) is 6.43. The summed E-state index contributed by atoms with van der Waals surface area (Å²) < 4.78 is 60.5. The largest absolute Gasteiger partial charge is 0.486 e. The van der Waals surface area contributed by atoms with Crippen molar-refractivity contribution in [3.8, 4) is 17.1 Å². The first kappa shape index (κ1) is 37.3. The summed E-state index contributed by atoms with van der Waals surface area (Å²) in [7, 11) is 0. The number of aromatic nitrogens is 4. The monoisotopic (exact) mass is 730 g/mol. The van der Waals surface area contributed by atoms with E-state index in [4.69, 9.17) is 14.2 Å². The van der Waals surface area contributed by atoms with Gasteiger partial charge in [0.05, 0.1) is 43.5 Å². The van der Waals surface area contributed by atoms with Crippen molar-refractivity contribution in [1.29, 1.82) is 0 Å². The molecule has 0 radical (unpaired) electrons. The molecule has 2 aliphatic heterocycles. The standard InChI is InChI=1S/C22H20F3N3O3.C17H21N3O2/c1-14-10-22(29)28(21(26-14)13-31-16-3-4-17(23)18(24)12-16)15-2-5-20(19(25)11-15)27-6-8-30-9-7-27;1-12-10-15(20-14(3)18-13(2)11-17(20)21)4-5-16(12)19-6-8-22-9-7-19/h2-5,10-12H,6-9,13H2,1H3;4-5,10-11H,6-9H2,1-3H3. The number of nitrogens with zero attached hydrogens (tertiary/aromatic N) is 6. The number of hydrogen-bond donors (Lipinski definition) is 0. The van der Waals surface area contributed by atoms with E-state index in [9.17, 15) is 22.8 Å². The van der Waals surface area contributed by atoms with Gasteiger partial charge in [-0.05, 0) is 75.7 Å². The molecule has 0 spiro atoms. The minimum Gasteiger partial charge on any atom is -0.486 e. The van der Waals surface area contributed by atoms with Gasteiger partial charge in [-0.3, -0.25) is 18.7 Å². The van der Waals surface area contributed by atoms with Crippen molar-refractivity contribution in [1.82, 2.24) is 19.1 Å². The predicted molar refractivity (Wildman–Crippen MR) is 195 cm³/mol. The molecule has 0 atom stereocenters. The van der Waals surface area contributed by atoms with Gasteiger partial charge in [0, 0.05) is 67.5 Å². The van der Waals surface area contributed by atoms with Gasteiger partial charge < -0.3 is 24.0 Å². The zero-order valence-electron chi connectivity index (χ0n) is 30.1. The van der Waals surface area contributed by atoms with Crippen molar-refractivity contribution >= 4 is 11.4 Å². The van der Waals surface area contributed by atoms with Crippen molar-refractivity contribution in [2.24, 2.45) is 0 Å². The van der Waals surface area contributed by atoms with Crippen LogP contribution >= 0.6 is 0 Å². The third-order valence-electron chi connectivity index (χ3n) is 8.92. The van der Waals surface area contributed by atoms with Gasteiger partial charge in [0.1, 0.15) is 24.0 Å². The lowest BCUT2D eigenvalue weighted by atomic mass is 10.1. The van der Waals surface area contributed by atoms with Gasteiger partial charge in [-0.1, -0.05) is 0 Å². The Morgan fingerprint density at radius 2 is 1.19 bits per heavy atom. The normalized spacial score (nSPS) is 14.5. The highest BCUT2D eigenvalue weighted by atomic mass is 19.2. The van der Waals surface area contributed by atoms with Crippen LogP contribution in [0.3, 0.4) is 0 Å². The maximum absolute atomic E-state index is 14.9. The summed E-state index contributed by atoms with van der Waals surface area (Å²) in [6.45, 7) is 12.8. The molecule has 2 aromatic heterocycles. The first-order valence-electron chi connectivity index (χ1n) is 17.3. The van der Waals surface area contributed by atoms with Crippen LogP contribution in [0.4, 0.5) is 24.5 Å². The Hall–Kier alpha value is -5.47. The van der Waals surface area contributed by atoms with Gasteiger partial charge in [-0.15, -0.1) is 0 Å². The highest BCUT2D eigenvalue weighted by Crippen LogP contribution is 2.25. The third-order valence-corrected chi connectivity index (χ3v) is 8.92. The molecule has 7 rings (SSSR count). The maximum Gasteiger partial charge on any atom is 0.258 e. The molecular weight excluding hydrogens is 689 g/mol. The third kappa shape index (κ3) is 8.78. The molecule has 278 valence electrons. The summed E-state index contributed by atoms with van der Waals surface area (Å²) in [5, 5.41) is 0. The summed E-state index contributed by atoms with van der Waals surface area (Å²) >= 11 is 0. The second-order valence-electron chi connectivity index (χ2n) is 12.8. The van der Waals surface area contributed by atoms with Gasteiger partial charge in [-0.25, -0.2) is 23.1 Å². The lowest BCUT2D eigenvalue weighted by Gasteiger charge is -2.30. The molecule has 0 aliphatic carbocycles. The highest BCUT2D eigenvalue weighted by molar-refractivity contribution is 5.58. The van der Waals surface area contributed by atoms with Crippen LogP contribution in [0, 0.1) is 45.1 Å². The molecule has 53 heavy (non-hydrogen) atoms. The predicted octanol–water partition coefficient (Wildman–Crippen LogP) is 5.37. The van der Waals surface area contributed by atoms with Crippen LogP contribution in [0.15, 0.2) is 76.3 Å². The maximum atomic E-state index is 14.9. The van der Waals surface area contributed by atoms with E-state index < -0.39 is 23.0 Å². The number of morpholine rings is 2. The number of rotatable bonds is 7. The summed E-state index contributed by atoms with van der Waals surface area (Å²) in [6.07, 6.45) is 0. The van der Waals surface area contributed by atoms with Gasteiger partial charge in [-0.2, -0.15) is 0 Å². The van der Waals surface area contributed by atoms with Crippen LogP contribution in [0.2, 0.25) is 0 Å². The zero-order chi connectivity index (χ0) is 37.6. The molecule has 11 nitrogen and oxygen atoms in total. The van der Waals surface area contributed by atoms with Crippen LogP contribution in [0.25, 0.3) is 11.4 Å². The van der Waals surface area contributed by atoms with E-state index in [0.29, 0.717) is 43.5 Å². The Kier molecular flexibility index (Phi) is 11.6. The number of anilines is 2. The Labute approximate surface area is 304 Å². The van der Waals surface area contributed by atoms with Gasteiger partial charge in [0.15, 0.2) is 17.5 Å². The lowest BCUT2D eigenvalue weighted by Crippen LogP contribution is -2.36. The lowest BCUT2D eigenvalue weighted by molar-refractivity contribution is 0.122. The number of benzene rings is 3. The summed E-state index contributed by atoms with van der Waals surface area (Å²) in [4.78, 5) is 37.9. The topological polar surface area (TPSA) is 104 Å². The molecule has 2 saturated heterocycles. The summed E-state index contributed by atoms with van der Waals surface area (Å²) in [5.41, 5.74) is 4.71. The SMILES string of the molecule is Cc1cc(=O)n(-c2ccc(N3CCOCC3)c(C)c2)c(C)n1.Cc1cc(=O)n(-c2ccc(N3CCOCC3)c(F)c2)c(COc2ccc(F)c(F)c2)n1. The molecule has 2 fully saturated rings. The van der Waals surface area contributed by atoms with Crippen molar-refractivity contribution in [3.05, 3.63) is 133 Å². The molecule has 2 aliphatic rings. The van der Waals surface area contributed by atoms with Crippen LogP contribution in [0.1, 0.15) is 28.6 Å².